The Hall–Kier alpha value is -2.82. The van der Waals surface area contributed by atoms with Crippen molar-refractivity contribution in [2.45, 2.75) is 45.5 Å². The highest BCUT2D eigenvalue weighted by atomic mass is 35.5. The molecule has 1 aromatic heterocycles. The topological polar surface area (TPSA) is 112 Å². The first kappa shape index (κ1) is 25.8. The normalized spacial score (nSPS) is 11.8. The molecule has 1 heterocycles. The molecular formula is C22H23Cl2N5O4S. The van der Waals surface area contributed by atoms with E-state index in [1.165, 1.54) is 30.0 Å². The summed E-state index contributed by atoms with van der Waals surface area (Å²) in [6.45, 7) is 8.26. The number of aryl methyl sites for hydroxylation is 2. The molecule has 0 aliphatic heterocycles. The van der Waals surface area contributed by atoms with Crippen LogP contribution in [0.5, 0.6) is 5.75 Å². The van der Waals surface area contributed by atoms with Crippen molar-refractivity contribution < 1.29 is 14.5 Å². The van der Waals surface area contributed by atoms with Crippen molar-refractivity contribution >= 4 is 52.2 Å². The Bertz CT molecular complexity index is 1210. The summed E-state index contributed by atoms with van der Waals surface area (Å²) in [6.07, 6.45) is -0.384. The molecule has 180 valence electrons. The van der Waals surface area contributed by atoms with E-state index in [2.05, 4.69) is 15.5 Å². The molecule has 0 radical (unpaired) electrons. The van der Waals surface area contributed by atoms with Crippen LogP contribution in [0.3, 0.4) is 0 Å². The van der Waals surface area contributed by atoms with Crippen molar-refractivity contribution in [2.24, 2.45) is 0 Å². The number of aromatic nitrogens is 3. The molecular weight excluding hydrogens is 501 g/mol. The number of halogens is 2. The van der Waals surface area contributed by atoms with Crippen LogP contribution in [0.2, 0.25) is 10.0 Å². The molecule has 0 saturated carbocycles. The van der Waals surface area contributed by atoms with Crippen LogP contribution < -0.4 is 10.1 Å². The minimum atomic E-state index is -0.603. The molecule has 1 amide bonds. The van der Waals surface area contributed by atoms with Gasteiger partial charge in [0.15, 0.2) is 17.1 Å². The number of carbonyl (C=O) groups is 1. The second-order valence-electron chi connectivity index (χ2n) is 7.48. The molecule has 0 fully saturated rings. The zero-order chi connectivity index (χ0) is 25.0. The molecule has 34 heavy (non-hydrogen) atoms. The molecule has 12 heteroatoms. The van der Waals surface area contributed by atoms with Crippen molar-refractivity contribution in [1.29, 1.82) is 0 Å². The van der Waals surface area contributed by atoms with Gasteiger partial charge in [0.25, 0.3) is 5.69 Å². The SMILES string of the molecule is CCn1c(SCC(=O)Nc2ccc(Cl)c([N+](=O)[O-])c2)nnc1C(C)Oc1cc(C)c(Cl)c(C)c1. The van der Waals surface area contributed by atoms with E-state index in [4.69, 9.17) is 27.9 Å². The van der Waals surface area contributed by atoms with Crippen molar-refractivity contribution in [3.8, 4) is 5.75 Å². The predicted molar refractivity (Wildman–Crippen MR) is 133 cm³/mol. The zero-order valence-corrected chi connectivity index (χ0v) is 21.3. The van der Waals surface area contributed by atoms with Crippen molar-refractivity contribution in [2.75, 3.05) is 11.1 Å². The molecule has 0 aliphatic rings. The number of nitro groups is 1. The summed E-state index contributed by atoms with van der Waals surface area (Å²) in [5, 5.41) is 23.4. The second kappa shape index (κ2) is 11.1. The molecule has 0 saturated heterocycles. The minimum Gasteiger partial charge on any atom is -0.483 e. The first-order valence-corrected chi connectivity index (χ1v) is 12.1. The first-order valence-electron chi connectivity index (χ1n) is 10.3. The van der Waals surface area contributed by atoms with Gasteiger partial charge >= 0.3 is 0 Å². The van der Waals surface area contributed by atoms with Crippen LogP contribution in [0.4, 0.5) is 11.4 Å². The number of hydrogen-bond donors (Lipinski definition) is 1. The Kier molecular flexibility index (Phi) is 8.40. The van der Waals surface area contributed by atoms with E-state index in [9.17, 15) is 14.9 Å². The van der Waals surface area contributed by atoms with E-state index in [1.54, 1.807) is 0 Å². The van der Waals surface area contributed by atoms with Gasteiger partial charge in [-0.25, -0.2) is 0 Å². The summed E-state index contributed by atoms with van der Waals surface area (Å²) in [4.78, 5) is 22.8. The average molecular weight is 524 g/mol. The number of anilines is 1. The van der Waals surface area contributed by atoms with Crippen LogP contribution in [0.25, 0.3) is 0 Å². The standard InChI is InChI=1S/C22H23Cl2N5O4S/c1-5-28-21(14(4)33-16-8-12(2)20(24)13(3)9-16)26-27-22(28)34-11-19(30)25-15-6-7-17(23)18(10-15)29(31)32/h6-10,14H,5,11H2,1-4H3,(H,25,30). The zero-order valence-electron chi connectivity index (χ0n) is 19.0. The molecule has 0 spiro atoms. The van der Waals surface area contributed by atoms with E-state index < -0.39 is 4.92 Å². The number of benzene rings is 2. The summed E-state index contributed by atoms with van der Waals surface area (Å²) < 4.78 is 7.96. The molecule has 1 N–H and O–H groups in total. The van der Waals surface area contributed by atoms with Gasteiger partial charge < -0.3 is 14.6 Å². The summed E-state index contributed by atoms with van der Waals surface area (Å²) in [5.74, 6) is 1.01. The van der Waals surface area contributed by atoms with Gasteiger partial charge in [-0.1, -0.05) is 35.0 Å². The van der Waals surface area contributed by atoms with Crippen LogP contribution in [0.1, 0.15) is 36.9 Å². The number of amides is 1. The predicted octanol–water partition coefficient (Wildman–Crippen LogP) is 6.00. The molecule has 2 aromatic carbocycles. The van der Waals surface area contributed by atoms with Gasteiger partial charge in [-0.15, -0.1) is 10.2 Å². The van der Waals surface area contributed by atoms with Crippen molar-refractivity contribution in [3.05, 3.63) is 67.4 Å². The highest BCUT2D eigenvalue weighted by Gasteiger charge is 2.20. The van der Waals surface area contributed by atoms with Crippen LogP contribution in [-0.4, -0.2) is 31.3 Å². The van der Waals surface area contributed by atoms with Gasteiger partial charge in [-0.2, -0.15) is 0 Å². The third-order valence-electron chi connectivity index (χ3n) is 4.91. The fourth-order valence-electron chi connectivity index (χ4n) is 3.29. The van der Waals surface area contributed by atoms with Gasteiger partial charge in [0.05, 0.1) is 10.7 Å². The number of carbonyl (C=O) groups excluding carboxylic acids is 1. The smallest absolute Gasteiger partial charge is 0.289 e. The maximum atomic E-state index is 12.4. The second-order valence-corrected chi connectivity index (χ2v) is 9.20. The highest BCUT2D eigenvalue weighted by molar-refractivity contribution is 7.99. The third-order valence-corrected chi connectivity index (χ3v) is 6.79. The van der Waals surface area contributed by atoms with E-state index in [1.807, 2.05) is 44.4 Å². The average Bonchev–Trinajstić information content (AvgIpc) is 3.20. The van der Waals surface area contributed by atoms with E-state index in [-0.39, 0.29) is 34.2 Å². The molecule has 1 atom stereocenters. The number of nitrogens with one attached hydrogen (secondary N) is 1. The number of nitro benzene ring substituents is 1. The van der Waals surface area contributed by atoms with Crippen molar-refractivity contribution in [3.63, 3.8) is 0 Å². The Morgan fingerprint density at radius 1 is 1.24 bits per heavy atom. The fraction of sp³-hybridized carbons (Fsp3) is 0.318. The Labute approximate surface area is 210 Å². The van der Waals surface area contributed by atoms with Gasteiger partial charge in [-0.05, 0) is 63.1 Å². The summed E-state index contributed by atoms with van der Waals surface area (Å²) in [6, 6.07) is 7.84. The molecule has 9 nitrogen and oxygen atoms in total. The molecule has 1 unspecified atom stereocenters. The van der Waals surface area contributed by atoms with Crippen LogP contribution in [0.15, 0.2) is 35.5 Å². The molecule has 3 aromatic rings. The van der Waals surface area contributed by atoms with Crippen LogP contribution >= 0.6 is 35.0 Å². The lowest BCUT2D eigenvalue weighted by Gasteiger charge is -2.17. The number of hydrogen-bond acceptors (Lipinski definition) is 7. The van der Waals surface area contributed by atoms with E-state index in [0.29, 0.717) is 28.3 Å². The number of rotatable bonds is 9. The van der Waals surface area contributed by atoms with Gasteiger partial charge in [0.1, 0.15) is 10.8 Å². The Morgan fingerprint density at radius 3 is 2.53 bits per heavy atom. The highest BCUT2D eigenvalue weighted by Crippen LogP contribution is 2.30. The van der Waals surface area contributed by atoms with Crippen molar-refractivity contribution in [1.82, 2.24) is 14.8 Å². The summed E-state index contributed by atoms with van der Waals surface area (Å²) >= 11 is 13.3. The quantitative estimate of drug-likeness (QED) is 0.208. The fourth-order valence-corrected chi connectivity index (χ4v) is 4.40. The maximum Gasteiger partial charge on any atom is 0.289 e. The molecule has 0 aliphatic carbocycles. The van der Waals surface area contributed by atoms with Crippen LogP contribution in [-0.2, 0) is 11.3 Å². The lowest BCUT2D eigenvalue weighted by molar-refractivity contribution is -0.384. The third kappa shape index (κ3) is 5.99. The number of ether oxygens (including phenoxy) is 1. The van der Waals surface area contributed by atoms with Gasteiger partial charge in [-0.3, -0.25) is 14.9 Å². The van der Waals surface area contributed by atoms with Crippen LogP contribution in [0, 0.1) is 24.0 Å². The first-order chi connectivity index (χ1) is 16.1. The molecule has 3 rings (SSSR count). The van der Waals surface area contributed by atoms with Gasteiger partial charge in [0, 0.05) is 23.3 Å². The number of thioether (sulfide) groups is 1. The monoisotopic (exact) mass is 523 g/mol. The number of nitrogens with zero attached hydrogens (tertiary/aromatic N) is 4. The summed E-state index contributed by atoms with van der Waals surface area (Å²) in [7, 11) is 0. The Morgan fingerprint density at radius 2 is 1.91 bits per heavy atom. The maximum absolute atomic E-state index is 12.4. The minimum absolute atomic E-state index is 0.00112. The van der Waals surface area contributed by atoms with Gasteiger partial charge in [0.2, 0.25) is 5.91 Å². The van der Waals surface area contributed by atoms with E-state index >= 15 is 0 Å². The Balaban J connectivity index is 1.66. The summed E-state index contributed by atoms with van der Waals surface area (Å²) in [5.41, 5.74) is 1.86. The lowest BCUT2D eigenvalue weighted by Crippen LogP contribution is -2.15. The lowest BCUT2D eigenvalue weighted by atomic mass is 10.1. The molecule has 0 bridgehead atoms. The largest absolute Gasteiger partial charge is 0.483 e. The van der Waals surface area contributed by atoms with E-state index in [0.717, 1.165) is 11.1 Å².